The molecule has 3 nitrogen and oxygen atoms in total. The quantitative estimate of drug-likeness (QED) is 0.916. The Morgan fingerprint density at radius 1 is 1.29 bits per heavy atom. The van der Waals surface area contributed by atoms with E-state index >= 15 is 0 Å². The molecule has 4 heteroatoms. The van der Waals surface area contributed by atoms with Gasteiger partial charge in [0.15, 0.2) is 0 Å². The lowest BCUT2D eigenvalue weighted by molar-refractivity contribution is -0.134. The third kappa shape index (κ3) is 3.41. The Labute approximate surface area is 132 Å². The van der Waals surface area contributed by atoms with Crippen molar-refractivity contribution in [2.45, 2.75) is 52.7 Å². The molecule has 1 aromatic carbocycles. The van der Waals surface area contributed by atoms with E-state index in [-0.39, 0.29) is 17.5 Å². The first kappa shape index (κ1) is 16.3. The average Bonchev–Trinajstić information content (AvgIpc) is 2.64. The van der Waals surface area contributed by atoms with Crippen molar-refractivity contribution in [3.05, 3.63) is 34.9 Å². The van der Waals surface area contributed by atoms with Gasteiger partial charge >= 0.3 is 0 Å². The van der Waals surface area contributed by atoms with E-state index in [1.165, 1.54) is 0 Å². The molecule has 0 aromatic heterocycles. The molecule has 2 atom stereocenters. The molecule has 0 saturated carbocycles. The molecular weight excluding hydrogens is 284 g/mol. The van der Waals surface area contributed by atoms with Crippen LogP contribution in [-0.4, -0.2) is 22.9 Å². The SMILES string of the molecule is CCC1(C)NC(c2ccc(Cl)cc2)N(CC(C)(C)C)C1=O. The molecule has 0 radical (unpaired) electrons. The van der Waals surface area contributed by atoms with Crippen LogP contribution in [0.4, 0.5) is 0 Å². The number of hydrogen-bond donors (Lipinski definition) is 1. The lowest BCUT2D eigenvalue weighted by Crippen LogP contribution is -2.43. The molecule has 1 fully saturated rings. The first-order valence-corrected chi connectivity index (χ1v) is 7.88. The highest BCUT2D eigenvalue weighted by Crippen LogP contribution is 2.35. The van der Waals surface area contributed by atoms with Crippen molar-refractivity contribution in [2.75, 3.05) is 6.54 Å². The predicted octanol–water partition coefficient (Wildman–Crippen LogP) is 3.99. The van der Waals surface area contributed by atoms with Gasteiger partial charge < -0.3 is 4.90 Å². The van der Waals surface area contributed by atoms with Gasteiger partial charge in [-0.1, -0.05) is 51.4 Å². The minimum atomic E-state index is -0.491. The van der Waals surface area contributed by atoms with Crippen LogP contribution in [0.15, 0.2) is 24.3 Å². The van der Waals surface area contributed by atoms with E-state index in [1.807, 2.05) is 43.0 Å². The summed E-state index contributed by atoms with van der Waals surface area (Å²) < 4.78 is 0. The number of benzene rings is 1. The highest BCUT2D eigenvalue weighted by Gasteiger charge is 2.47. The van der Waals surface area contributed by atoms with Gasteiger partial charge in [-0.05, 0) is 36.5 Å². The first-order valence-electron chi connectivity index (χ1n) is 7.50. The zero-order chi connectivity index (χ0) is 15.8. The summed E-state index contributed by atoms with van der Waals surface area (Å²) >= 11 is 5.97. The Balaban J connectivity index is 2.36. The number of amides is 1. The second-order valence-electron chi connectivity index (χ2n) is 7.28. The smallest absolute Gasteiger partial charge is 0.244 e. The summed E-state index contributed by atoms with van der Waals surface area (Å²) in [5, 5.41) is 4.22. The average molecular weight is 309 g/mol. The number of nitrogens with zero attached hydrogens (tertiary/aromatic N) is 1. The van der Waals surface area contributed by atoms with Crippen LogP contribution in [-0.2, 0) is 4.79 Å². The minimum absolute atomic E-state index is 0.0566. The summed E-state index contributed by atoms with van der Waals surface area (Å²) in [6.45, 7) is 11.2. The van der Waals surface area contributed by atoms with Crippen molar-refractivity contribution < 1.29 is 4.79 Å². The molecule has 1 aliphatic heterocycles. The number of hydrogen-bond acceptors (Lipinski definition) is 2. The predicted molar refractivity (Wildman–Crippen MR) is 87.2 cm³/mol. The summed E-state index contributed by atoms with van der Waals surface area (Å²) in [6, 6.07) is 7.73. The van der Waals surface area contributed by atoms with Crippen LogP contribution in [0.1, 0.15) is 52.8 Å². The molecule has 2 rings (SSSR count). The third-order valence-electron chi connectivity index (χ3n) is 4.04. The van der Waals surface area contributed by atoms with E-state index < -0.39 is 5.54 Å². The molecule has 116 valence electrons. The van der Waals surface area contributed by atoms with E-state index in [0.717, 1.165) is 18.5 Å². The Morgan fingerprint density at radius 3 is 2.33 bits per heavy atom. The standard InChI is InChI=1S/C17H25ClN2O/c1-6-17(5)15(21)20(11-16(2,3)4)14(19-17)12-7-9-13(18)10-8-12/h7-10,14,19H,6,11H2,1-5H3. The number of nitrogens with one attached hydrogen (secondary N) is 1. The summed E-state index contributed by atoms with van der Waals surface area (Å²) in [5.74, 6) is 0.180. The maximum Gasteiger partial charge on any atom is 0.244 e. The fourth-order valence-corrected chi connectivity index (χ4v) is 2.84. The van der Waals surface area contributed by atoms with Gasteiger partial charge in [-0.25, -0.2) is 0 Å². The Morgan fingerprint density at radius 2 is 1.86 bits per heavy atom. The molecule has 1 aliphatic rings. The maximum atomic E-state index is 12.8. The van der Waals surface area contributed by atoms with Crippen LogP contribution in [0.3, 0.4) is 0 Å². The summed E-state index contributed by atoms with van der Waals surface area (Å²) in [4.78, 5) is 14.8. The second-order valence-corrected chi connectivity index (χ2v) is 7.71. The molecule has 2 unspecified atom stereocenters. The molecule has 0 bridgehead atoms. The van der Waals surface area contributed by atoms with E-state index in [2.05, 4.69) is 26.1 Å². The van der Waals surface area contributed by atoms with Crippen LogP contribution in [0.25, 0.3) is 0 Å². The van der Waals surface area contributed by atoms with E-state index in [9.17, 15) is 4.79 Å². The van der Waals surface area contributed by atoms with Gasteiger partial charge in [-0.15, -0.1) is 0 Å². The largest absolute Gasteiger partial charge is 0.321 e. The van der Waals surface area contributed by atoms with Crippen LogP contribution >= 0.6 is 11.6 Å². The fraction of sp³-hybridized carbons (Fsp3) is 0.588. The van der Waals surface area contributed by atoms with Crippen LogP contribution in [0.2, 0.25) is 5.02 Å². The van der Waals surface area contributed by atoms with Crippen molar-refractivity contribution in [3.8, 4) is 0 Å². The van der Waals surface area contributed by atoms with Gasteiger partial charge in [0, 0.05) is 11.6 Å². The van der Waals surface area contributed by atoms with E-state index in [4.69, 9.17) is 11.6 Å². The minimum Gasteiger partial charge on any atom is -0.321 e. The summed E-state index contributed by atoms with van der Waals surface area (Å²) in [6.07, 6.45) is 0.690. The van der Waals surface area contributed by atoms with E-state index in [1.54, 1.807) is 0 Å². The molecule has 0 spiro atoms. The van der Waals surface area contributed by atoms with Crippen molar-refractivity contribution >= 4 is 17.5 Å². The number of carbonyl (C=O) groups excluding carboxylic acids is 1. The lowest BCUT2D eigenvalue weighted by Gasteiger charge is -2.31. The Bertz CT molecular complexity index is 521. The van der Waals surface area contributed by atoms with Gasteiger partial charge in [0.2, 0.25) is 5.91 Å². The van der Waals surface area contributed by atoms with Gasteiger partial charge in [-0.2, -0.15) is 0 Å². The van der Waals surface area contributed by atoms with Gasteiger partial charge in [0.1, 0.15) is 6.17 Å². The molecule has 1 N–H and O–H groups in total. The normalized spacial score (nSPS) is 26.5. The van der Waals surface area contributed by atoms with Crippen molar-refractivity contribution in [1.29, 1.82) is 0 Å². The highest BCUT2D eigenvalue weighted by atomic mass is 35.5. The van der Waals surface area contributed by atoms with Crippen molar-refractivity contribution in [1.82, 2.24) is 10.2 Å². The summed E-state index contributed by atoms with van der Waals surface area (Å²) in [7, 11) is 0. The monoisotopic (exact) mass is 308 g/mol. The fourth-order valence-electron chi connectivity index (χ4n) is 2.71. The van der Waals surface area contributed by atoms with Crippen LogP contribution < -0.4 is 5.32 Å². The number of rotatable bonds is 3. The zero-order valence-electron chi connectivity index (χ0n) is 13.5. The van der Waals surface area contributed by atoms with Gasteiger partial charge in [0.05, 0.1) is 5.54 Å². The topological polar surface area (TPSA) is 32.3 Å². The maximum absolute atomic E-state index is 12.8. The van der Waals surface area contributed by atoms with E-state index in [0.29, 0.717) is 5.02 Å². The molecule has 0 aliphatic carbocycles. The number of carbonyl (C=O) groups is 1. The van der Waals surface area contributed by atoms with Gasteiger partial charge in [-0.3, -0.25) is 10.1 Å². The summed E-state index contributed by atoms with van der Waals surface area (Å²) in [5.41, 5.74) is 0.644. The van der Waals surface area contributed by atoms with Crippen LogP contribution in [0, 0.1) is 5.41 Å². The van der Waals surface area contributed by atoms with Crippen molar-refractivity contribution in [2.24, 2.45) is 5.41 Å². The first-order chi connectivity index (χ1) is 9.66. The Kier molecular flexibility index (Phi) is 4.36. The lowest BCUT2D eigenvalue weighted by atomic mass is 9.94. The zero-order valence-corrected chi connectivity index (χ0v) is 14.3. The molecule has 21 heavy (non-hydrogen) atoms. The van der Waals surface area contributed by atoms with Crippen molar-refractivity contribution in [3.63, 3.8) is 0 Å². The highest BCUT2D eigenvalue weighted by molar-refractivity contribution is 6.30. The molecule has 1 saturated heterocycles. The van der Waals surface area contributed by atoms with Gasteiger partial charge in [0.25, 0.3) is 0 Å². The number of halogens is 1. The molecule has 1 aromatic rings. The third-order valence-corrected chi connectivity index (χ3v) is 4.29. The molecule has 1 amide bonds. The second kappa shape index (κ2) is 5.62. The molecular formula is C17H25ClN2O. The van der Waals surface area contributed by atoms with Crippen LogP contribution in [0.5, 0.6) is 0 Å². The Hall–Kier alpha value is -1.06. The molecule has 1 heterocycles.